The number of nitrogens with zero attached hydrogens (tertiary/aromatic N) is 1. The zero-order chi connectivity index (χ0) is 22.6. The predicted octanol–water partition coefficient (Wildman–Crippen LogP) is 4.50. The topological polar surface area (TPSA) is 83.9 Å². The summed E-state index contributed by atoms with van der Waals surface area (Å²) in [4.78, 5) is 11.8. The number of aliphatic carboxylic acids is 1. The van der Waals surface area contributed by atoms with Crippen LogP contribution in [0.5, 0.6) is 5.75 Å². The number of ether oxygens (including phenoxy) is 1. The summed E-state index contributed by atoms with van der Waals surface area (Å²) in [6.45, 7) is 0.110. The van der Waals surface area contributed by atoms with E-state index in [1.54, 1.807) is 30.3 Å². The van der Waals surface area contributed by atoms with Crippen molar-refractivity contribution in [3.63, 3.8) is 0 Å². The highest BCUT2D eigenvalue weighted by molar-refractivity contribution is 7.89. The number of carbonyl (C=O) groups is 1. The van der Waals surface area contributed by atoms with Crippen LogP contribution >= 0.6 is 11.6 Å². The van der Waals surface area contributed by atoms with Crippen LogP contribution in [0, 0.1) is 5.82 Å². The van der Waals surface area contributed by atoms with Crippen molar-refractivity contribution >= 4 is 27.6 Å². The quantitative estimate of drug-likeness (QED) is 0.531. The van der Waals surface area contributed by atoms with E-state index < -0.39 is 27.9 Å². The first-order chi connectivity index (χ1) is 14.7. The lowest BCUT2D eigenvalue weighted by Crippen LogP contribution is -2.26. The lowest BCUT2D eigenvalue weighted by atomic mass is 10.1. The van der Waals surface area contributed by atoms with Gasteiger partial charge in [-0.3, -0.25) is 0 Å². The second kappa shape index (κ2) is 9.47. The van der Waals surface area contributed by atoms with Gasteiger partial charge in [0.05, 0.1) is 4.90 Å². The average molecular weight is 464 g/mol. The van der Waals surface area contributed by atoms with Gasteiger partial charge in [-0.1, -0.05) is 41.9 Å². The summed E-state index contributed by atoms with van der Waals surface area (Å²) in [7, 11) is -2.17. The molecular formula is C22H19ClFNO5S. The fourth-order valence-corrected chi connectivity index (χ4v) is 4.32. The highest BCUT2D eigenvalue weighted by Crippen LogP contribution is 2.26. The first-order valence-corrected chi connectivity index (χ1v) is 10.9. The molecule has 1 unspecified atom stereocenters. The maximum Gasteiger partial charge on any atom is 0.349 e. The summed E-state index contributed by atoms with van der Waals surface area (Å²) in [6, 6.07) is 17.8. The smallest absolute Gasteiger partial charge is 0.349 e. The molecule has 1 atom stereocenters. The molecule has 0 aromatic heterocycles. The van der Waals surface area contributed by atoms with Gasteiger partial charge in [-0.05, 0) is 48.0 Å². The van der Waals surface area contributed by atoms with Crippen molar-refractivity contribution in [1.29, 1.82) is 0 Å². The number of sulfonamides is 1. The van der Waals surface area contributed by atoms with Crippen molar-refractivity contribution in [3.05, 3.63) is 94.8 Å². The normalized spacial score (nSPS) is 12.5. The number of carboxylic acid groups (broad SMARTS) is 1. The van der Waals surface area contributed by atoms with Gasteiger partial charge in [0.15, 0.2) is 0 Å². The molecule has 0 spiro atoms. The van der Waals surface area contributed by atoms with Crippen LogP contribution in [-0.4, -0.2) is 30.8 Å². The third-order valence-corrected chi connectivity index (χ3v) is 6.48. The van der Waals surface area contributed by atoms with Crippen molar-refractivity contribution in [3.8, 4) is 5.75 Å². The zero-order valence-corrected chi connectivity index (χ0v) is 18.0. The maximum absolute atomic E-state index is 13.6. The summed E-state index contributed by atoms with van der Waals surface area (Å²) >= 11 is 5.81. The molecule has 1 N–H and O–H groups in total. The summed E-state index contributed by atoms with van der Waals surface area (Å²) in [5, 5.41) is 9.54. The van der Waals surface area contributed by atoms with Gasteiger partial charge in [-0.15, -0.1) is 0 Å². The van der Waals surface area contributed by atoms with E-state index in [4.69, 9.17) is 16.3 Å². The van der Waals surface area contributed by atoms with Crippen LogP contribution < -0.4 is 4.74 Å². The summed E-state index contributed by atoms with van der Waals surface area (Å²) < 4.78 is 45.6. The molecule has 0 bridgehead atoms. The first kappa shape index (κ1) is 22.7. The van der Waals surface area contributed by atoms with Gasteiger partial charge in [0.2, 0.25) is 16.1 Å². The summed E-state index contributed by atoms with van der Waals surface area (Å²) in [5.41, 5.74) is 0.741. The maximum atomic E-state index is 13.6. The molecule has 9 heteroatoms. The lowest BCUT2D eigenvalue weighted by Gasteiger charge is -2.18. The van der Waals surface area contributed by atoms with Crippen molar-refractivity contribution < 1.29 is 27.4 Å². The molecule has 0 fully saturated rings. The van der Waals surface area contributed by atoms with Crippen LogP contribution in [0.25, 0.3) is 0 Å². The van der Waals surface area contributed by atoms with E-state index in [1.807, 2.05) is 0 Å². The van der Waals surface area contributed by atoms with Crippen molar-refractivity contribution in [2.45, 2.75) is 17.5 Å². The Hall–Kier alpha value is -2.94. The molecule has 0 aliphatic carbocycles. The van der Waals surface area contributed by atoms with E-state index >= 15 is 0 Å². The Morgan fingerprint density at radius 2 is 1.74 bits per heavy atom. The number of rotatable bonds is 8. The third-order valence-electron chi connectivity index (χ3n) is 4.45. The van der Waals surface area contributed by atoms with E-state index in [1.165, 1.54) is 41.7 Å². The molecule has 0 saturated carbocycles. The molecule has 31 heavy (non-hydrogen) atoms. The van der Waals surface area contributed by atoms with E-state index in [0.29, 0.717) is 5.56 Å². The Bertz CT molecular complexity index is 1150. The largest absolute Gasteiger partial charge is 0.478 e. The zero-order valence-electron chi connectivity index (χ0n) is 16.4. The van der Waals surface area contributed by atoms with Gasteiger partial charge in [0, 0.05) is 24.2 Å². The SMILES string of the molecule is CN(Cc1ccc(OC(C(=O)O)c2cc(F)cc(Cl)c2)cc1)S(=O)(=O)c1ccccc1. The Balaban J connectivity index is 1.74. The Labute approximate surface area is 184 Å². The van der Waals surface area contributed by atoms with E-state index in [2.05, 4.69) is 0 Å². The third kappa shape index (κ3) is 5.61. The van der Waals surface area contributed by atoms with Crippen LogP contribution in [0.2, 0.25) is 5.02 Å². The van der Waals surface area contributed by atoms with Gasteiger partial charge < -0.3 is 9.84 Å². The fraction of sp³-hybridized carbons (Fsp3) is 0.136. The highest BCUT2D eigenvalue weighted by Gasteiger charge is 2.24. The van der Waals surface area contributed by atoms with Crippen molar-refractivity contribution in [1.82, 2.24) is 4.31 Å². The molecule has 3 aromatic rings. The minimum Gasteiger partial charge on any atom is -0.478 e. The Morgan fingerprint density at radius 3 is 2.32 bits per heavy atom. The minimum absolute atomic E-state index is 0.0582. The van der Waals surface area contributed by atoms with E-state index in [-0.39, 0.29) is 27.8 Å². The first-order valence-electron chi connectivity index (χ1n) is 9.12. The van der Waals surface area contributed by atoms with Gasteiger partial charge >= 0.3 is 5.97 Å². The van der Waals surface area contributed by atoms with Crippen LogP contribution in [0.15, 0.2) is 77.7 Å². The Kier molecular flexibility index (Phi) is 6.94. The molecule has 162 valence electrons. The fourth-order valence-electron chi connectivity index (χ4n) is 2.91. The molecule has 0 radical (unpaired) electrons. The minimum atomic E-state index is -3.65. The number of halogens is 2. The molecule has 0 saturated heterocycles. The molecule has 3 aromatic carbocycles. The number of hydrogen-bond donors (Lipinski definition) is 1. The second-order valence-corrected chi connectivity index (χ2v) is 9.24. The highest BCUT2D eigenvalue weighted by atomic mass is 35.5. The molecule has 0 heterocycles. The summed E-state index contributed by atoms with van der Waals surface area (Å²) in [6.07, 6.45) is -1.46. The van der Waals surface area contributed by atoms with Crippen LogP contribution in [-0.2, 0) is 21.4 Å². The number of benzene rings is 3. The van der Waals surface area contributed by atoms with Gasteiger partial charge in [-0.25, -0.2) is 17.6 Å². The molecule has 6 nitrogen and oxygen atoms in total. The van der Waals surface area contributed by atoms with E-state index in [0.717, 1.165) is 12.1 Å². The van der Waals surface area contributed by atoms with Gasteiger partial charge in [0.25, 0.3) is 0 Å². The lowest BCUT2D eigenvalue weighted by molar-refractivity contribution is -0.145. The second-order valence-electron chi connectivity index (χ2n) is 6.76. The summed E-state index contributed by atoms with van der Waals surface area (Å²) in [5.74, 6) is -1.75. The number of hydrogen-bond acceptors (Lipinski definition) is 4. The molecule has 0 aliphatic heterocycles. The van der Waals surface area contributed by atoms with Crippen LogP contribution in [0.1, 0.15) is 17.2 Å². The van der Waals surface area contributed by atoms with Gasteiger partial charge in [0.1, 0.15) is 11.6 Å². The number of carboxylic acids is 1. The molecular weight excluding hydrogens is 445 g/mol. The monoisotopic (exact) mass is 463 g/mol. The average Bonchev–Trinajstić information content (AvgIpc) is 2.72. The van der Waals surface area contributed by atoms with Crippen LogP contribution in [0.4, 0.5) is 4.39 Å². The molecule has 3 rings (SSSR count). The Morgan fingerprint density at radius 1 is 1.10 bits per heavy atom. The van der Waals surface area contributed by atoms with Crippen molar-refractivity contribution in [2.24, 2.45) is 0 Å². The van der Waals surface area contributed by atoms with Crippen molar-refractivity contribution in [2.75, 3.05) is 7.05 Å². The standard InChI is InChI=1S/C22H19ClFNO5S/c1-25(31(28,29)20-5-3-2-4-6-20)14-15-7-9-19(10-8-15)30-21(22(26)27)16-11-17(23)13-18(24)12-16/h2-13,21H,14H2,1H3,(H,26,27). The molecule has 0 aliphatic rings. The van der Waals surface area contributed by atoms with Crippen LogP contribution in [0.3, 0.4) is 0 Å². The van der Waals surface area contributed by atoms with E-state index in [9.17, 15) is 22.7 Å². The van der Waals surface area contributed by atoms with Gasteiger partial charge in [-0.2, -0.15) is 4.31 Å². The molecule has 0 amide bonds. The predicted molar refractivity (Wildman–Crippen MR) is 114 cm³/mol.